The van der Waals surface area contributed by atoms with Gasteiger partial charge in [0.25, 0.3) is 0 Å². The zero-order chi connectivity index (χ0) is 15.4. The zero-order valence-corrected chi connectivity index (χ0v) is 12.7. The standard InChI is InChI=1S/C16H24F2N2O/c1-3-14(21)11-19-6-8-20(9-7-19)12(2)15-5-4-13(17)10-16(15)18/h4-5,10,12,14,21H,3,6-9,11H2,1-2H3. The van der Waals surface area contributed by atoms with E-state index in [0.29, 0.717) is 12.1 Å². The van der Waals surface area contributed by atoms with Gasteiger partial charge in [0.05, 0.1) is 6.10 Å². The van der Waals surface area contributed by atoms with Crippen LogP contribution in [-0.2, 0) is 0 Å². The lowest BCUT2D eigenvalue weighted by Crippen LogP contribution is -2.49. The number of halogens is 2. The van der Waals surface area contributed by atoms with E-state index in [1.54, 1.807) is 0 Å². The number of nitrogens with zero attached hydrogens (tertiary/aromatic N) is 2. The minimum absolute atomic E-state index is 0.0659. The molecule has 2 atom stereocenters. The van der Waals surface area contributed by atoms with E-state index in [1.807, 2.05) is 13.8 Å². The average Bonchev–Trinajstić information content (AvgIpc) is 2.47. The van der Waals surface area contributed by atoms with E-state index in [9.17, 15) is 13.9 Å². The zero-order valence-electron chi connectivity index (χ0n) is 12.7. The molecule has 1 aliphatic heterocycles. The maximum Gasteiger partial charge on any atom is 0.130 e. The molecule has 0 radical (unpaired) electrons. The molecule has 2 rings (SSSR count). The third-order valence-corrected chi connectivity index (χ3v) is 4.31. The summed E-state index contributed by atoms with van der Waals surface area (Å²) < 4.78 is 26.8. The Morgan fingerprint density at radius 1 is 1.19 bits per heavy atom. The van der Waals surface area contributed by atoms with Crippen LogP contribution in [0.1, 0.15) is 31.9 Å². The molecule has 1 aromatic rings. The Kier molecular flexibility index (Phi) is 5.67. The molecule has 1 aliphatic rings. The molecule has 0 aliphatic carbocycles. The van der Waals surface area contributed by atoms with E-state index in [4.69, 9.17) is 0 Å². The van der Waals surface area contributed by atoms with Crippen LogP contribution in [0.3, 0.4) is 0 Å². The summed E-state index contributed by atoms with van der Waals surface area (Å²) in [7, 11) is 0. The molecule has 1 aromatic carbocycles. The maximum absolute atomic E-state index is 13.8. The van der Waals surface area contributed by atoms with Gasteiger partial charge in [0.1, 0.15) is 11.6 Å². The summed E-state index contributed by atoms with van der Waals surface area (Å²) in [5, 5.41) is 9.69. The van der Waals surface area contributed by atoms with Crippen LogP contribution in [0, 0.1) is 11.6 Å². The topological polar surface area (TPSA) is 26.7 Å². The van der Waals surface area contributed by atoms with Crippen LogP contribution in [0.25, 0.3) is 0 Å². The summed E-state index contributed by atoms with van der Waals surface area (Å²) in [5.74, 6) is -1.02. The third-order valence-electron chi connectivity index (χ3n) is 4.31. The molecule has 2 unspecified atom stereocenters. The van der Waals surface area contributed by atoms with Crippen LogP contribution in [0.15, 0.2) is 18.2 Å². The summed E-state index contributed by atoms with van der Waals surface area (Å²) in [6.07, 6.45) is 0.487. The smallest absolute Gasteiger partial charge is 0.130 e. The number of aliphatic hydroxyl groups excluding tert-OH is 1. The van der Waals surface area contributed by atoms with Gasteiger partial charge in [-0.3, -0.25) is 9.80 Å². The van der Waals surface area contributed by atoms with Crippen molar-refractivity contribution in [2.75, 3.05) is 32.7 Å². The molecular weight excluding hydrogens is 274 g/mol. The molecule has 1 N–H and O–H groups in total. The molecule has 1 saturated heterocycles. The normalized spacial score (nSPS) is 20.4. The lowest BCUT2D eigenvalue weighted by molar-refractivity contribution is 0.0573. The summed E-state index contributed by atoms with van der Waals surface area (Å²) in [5.41, 5.74) is 0.540. The highest BCUT2D eigenvalue weighted by Crippen LogP contribution is 2.24. The van der Waals surface area contributed by atoms with Crippen LogP contribution in [-0.4, -0.2) is 53.7 Å². The number of hydrogen-bond acceptors (Lipinski definition) is 3. The largest absolute Gasteiger partial charge is 0.392 e. The molecule has 118 valence electrons. The summed E-state index contributed by atoms with van der Waals surface area (Å²) >= 11 is 0. The van der Waals surface area contributed by atoms with E-state index in [2.05, 4.69) is 9.80 Å². The first-order valence-corrected chi connectivity index (χ1v) is 7.60. The first-order valence-electron chi connectivity index (χ1n) is 7.60. The van der Waals surface area contributed by atoms with E-state index in [1.165, 1.54) is 12.1 Å². The molecule has 0 amide bonds. The van der Waals surface area contributed by atoms with E-state index in [-0.39, 0.29) is 12.1 Å². The van der Waals surface area contributed by atoms with Crippen molar-refractivity contribution in [1.82, 2.24) is 9.80 Å². The van der Waals surface area contributed by atoms with Crippen molar-refractivity contribution < 1.29 is 13.9 Å². The summed E-state index contributed by atoms with van der Waals surface area (Å²) in [4.78, 5) is 4.43. The number of benzene rings is 1. The highest BCUT2D eigenvalue weighted by Gasteiger charge is 2.24. The van der Waals surface area contributed by atoms with Gasteiger partial charge in [-0.1, -0.05) is 13.0 Å². The van der Waals surface area contributed by atoms with Crippen LogP contribution < -0.4 is 0 Å². The SMILES string of the molecule is CCC(O)CN1CCN(C(C)c2ccc(F)cc2F)CC1. The quantitative estimate of drug-likeness (QED) is 0.904. The minimum atomic E-state index is -0.540. The highest BCUT2D eigenvalue weighted by atomic mass is 19.1. The van der Waals surface area contributed by atoms with Crippen molar-refractivity contribution in [3.63, 3.8) is 0 Å². The Balaban J connectivity index is 1.92. The van der Waals surface area contributed by atoms with E-state index >= 15 is 0 Å². The fourth-order valence-electron chi connectivity index (χ4n) is 2.80. The van der Waals surface area contributed by atoms with E-state index in [0.717, 1.165) is 38.7 Å². The lowest BCUT2D eigenvalue weighted by Gasteiger charge is -2.38. The molecule has 1 fully saturated rings. The third kappa shape index (κ3) is 4.22. The lowest BCUT2D eigenvalue weighted by atomic mass is 10.1. The summed E-state index contributed by atoms with van der Waals surface area (Å²) in [6.45, 7) is 8.01. The van der Waals surface area contributed by atoms with Crippen LogP contribution >= 0.6 is 0 Å². The molecule has 21 heavy (non-hydrogen) atoms. The molecule has 0 bridgehead atoms. The van der Waals surface area contributed by atoms with Crippen molar-refractivity contribution >= 4 is 0 Å². The first-order chi connectivity index (χ1) is 10.0. The monoisotopic (exact) mass is 298 g/mol. The summed E-state index contributed by atoms with van der Waals surface area (Å²) in [6, 6.07) is 3.72. The predicted molar refractivity (Wildman–Crippen MR) is 79.1 cm³/mol. The maximum atomic E-state index is 13.8. The van der Waals surface area contributed by atoms with Gasteiger partial charge in [-0.05, 0) is 19.4 Å². The molecule has 3 nitrogen and oxygen atoms in total. The predicted octanol–water partition coefficient (Wildman–Crippen LogP) is 2.41. The van der Waals surface area contributed by atoms with Crippen LogP contribution in [0.2, 0.25) is 0 Å². The van der Waals surface area contributed by atoms with Gasteiger partial charge in [0, 0.05) is 50.4 Å². The second kappa shape index (κ2) is 7.29. The molecule has 0 aromatic heterocycles. The van der Waals surface area contributed by atoms with Gasteiger partial charge in [-0.2, -0.15) is 0 Å². The second-order valence-electron chi connectivity index (χ2n) is 5.74. The van der Waals surface area contributed by atoms with Gasteiger partial charge < -0.3 is 5.11 Å². The number of piperazine rings is 1. The first kappa shape index (κ1) is 16.3. The fraction of sp³-hybridized carbons (Fsp3) is 0.625. The van der Waals surface area contributed by atoms with Crippen molar-refractivity contribution in [2.24, 2.45) is 0 Å². The highest BCUT2D eigenvalue weighted by molar-refractivity contribution is 5.21. The molecule has 0 saturated carbocycles. The van der Waals surface area contributed by atoms with Crippen molar-refractivity contribution in [3.8, 4) is 0 Å². The Labute approximate surface area is 125 Å². The van der Waals surface area contributed by atoms with Gasteiger partial charge >= 0.3 is 0 Å². The minimum Gasteiger partial charge on any atom is -0.392 e. The Morgan fingerprint density at radius 3 is 2.43 bits per heavy atom. The van der Waals surface area contributed by atoms with Gasteiger partial charge in [-0.25, -0.2) is 8.78 Å². The van der Waals surface area contributed by atoms with Crippen LogP contribution in [0.4, 0.5) is 8.78 Å². The van der Waals surface area contributed by atoms with Crippen molar-refractivity contribution in [2.45, 2.75) is 32.4 Å². The molecule has 5 heteroatoms. The average molecular weight is 298 g/mol. The van der Waals surface area contributed by atoms with Gasteiger partial charge in [0.15, 0.2) is 0 Å². The van der Waals surface area contributed by atoms with Crippen LogP contribution in [0.5, 0.6) is 0 Å². The number of rotatable bonds is 5. The number of hydrogen-bond donors (Lipinski definition) is 1. The Hall–Kier alpha value is -1.04. The van der Waals surface area contributed by atoms with E-state index < -0.39 is 11.6 Å². The molecule has 0 spiro atoms. The molecule has 1 heterocycles. The van der Waals surface area contributed by atoms with Gasteiger partial charge in [-0.15, -0.1) is 0 Å². The second-order valence-corrected chi connectivity index (χ2v) is 5.74. The van der Waals surface area contributed by atoms with Crippen molar-refractivity contribution in [3.05, 3.63) is 35.4 Å². The number of aliphatic hydroxyl groups is 1. The number of β-amino-alcohol motifs (C(OH)–C–C–N with tert-alkyl or cyclic N) is 1. The molecular formula is C16H24F2N2O. The Morgan fingerprint density at radius 2 is 1.86 bits per heavy atom. The van der Waals surface area contributed by atoms with Crippen molar-refractivity contribution in [1.29, 1.82) is 0 Å². The fourth-order valence-corrected chi connectivity index (χ4v) is 2.80. The Bertz CT molecular complexity index is 462. The van der Waals surface area contributed by atoms with Gasteiger partial charge in [0.2, 0.25) is 0 Å².